The molecule has 3 N–H and O–H groups in total. The molecule has 2 aliphatic rings. The van der Waals surface area contributed by atoms with Gasteiger partial charge in [0.15, 0.2) is 17.5 Å². The van der Waals surface area contributed by atoms with Gasteiger partial charge in [-0.3, -0.25) is 14.9 Å². The number of aromatic amines is 1. The Morgan fingerprint density at radius 1 is 1.33 bits per heavy atom. The maximum absolute atomic E-state index is 13.9. The summed E-state index contributed by atoms with van der Waals surface area (Å²) in [5.74, 6) is 0.000860. The molecule has 2 aromatic rings. The molecule has 2 atom stereocenters. The highest BCUT2D eigenvalue weighted by Crippen LogP contribution is 2.43. The first kappa shape index (κ1) is 26.1. The molecule has 0 bridgehead atoms. The number of nitrogens with two attached hydrogens (primary N) is 1. The van der Waals surface area contributed by atoms with Gasteiger partial charge in [-0.1, -0.05) is 0 Å². The molecule has 2 aliphatic heterocycles. The van der Waals surface area contributed by atoms with Gasteiger partial charge < -0.3 is 20.3 Å². The standard InChI is InChI=1S/C24H38FN9O2/c1-7-32(22-27-11-18(25)20(26)28-22)21-17-14-34(24(4,5)19(17)29-30-21)23(35)33-13-15(2)31(12-16(33)3)9-8-10-36-6/h11,15-16H,7-10,12-14H2,1-6H3,(H,29,30)(H2,26,27,28)/t15-,16+/m1/s1. The molecule has 0 saturated carbocycles. The number of halogens is 1. The van der Waals surface area contributed by atoms with Crippen molar-refractivity contribution in [3.8, 4) is 0 Å². The SMILES string of the molecule is CCN(c1ncc(F)c(N)n1)c1n[nH]c2c1CN(C(=O)N1C[C@@H](C)N(CCCOC)C[C@@H]1C)C2(C)C. The molecule has 36 heavy (non-hydrogen) atoms. The number of aromatic nitrogens is 4. The van der Waals surface area contributed by atoms with Crippen LogP contribution in [0.5, 0.6) is 0 Å². The molecule has 2 aromatic heterocycles. The maximum Gasteiger partial charge on any atom is 0.321 e. The monoisotopic (exact) mass is 503 g/mol. The van der Waals surface area contributed by atoms with E-state index < -0.39 is 11.4 Å². The molecular weight excluding hydrogens is 465 g/mol. The number of urea groups is 1. The Morgan fingerprint density at radius 3 is 2.75 bits per heavy atom. The number of piperazine rings is 1. The first-order valence-corrected chi connectivity index (χ1v) is 12.5. The molecule has 4 rings (SSSR count). The Hall–Kier alpha value is -2.99. The highest BCUT2D eigenvalue weighted by atomic mass is 19.1. The van der Waals surface area contributed by atoms with Crippen LogP contribution in [0.15, 0.2) is 6.20 Å². The van der Waals surface area contributed by atoms with Crippen LogP contribution >= 0.6 is 0 Å². The van der Waals surface area contributed by atoms with Crippen LogP contribution in [0, 0.1) is 5.82 Å². The third kappa shape index (κ3) is 4.59. The van der Waals surface area contributed by atoms with Crippen molar-refractivity contribution in [2.75, 3.05) is 50.5 Å². The van der Waals surface area contributed by atoms with E-state index in [0.717, 1.165) is 43.6 Å². The molecule has 0 aromatic carbocycles. The number of fused-ring (bicyclic) bond motifs is 1. The summed E-state index contributed by atoms with van der Waals surface area (Å²) in [5, 5.41) is 7.68. The summed E-state index contributed by atoms with van der Waals surface area (Å²) in [7, 11) is 1.72. The fourth-order valence-electron chi connectivity index (χ4n) is 5.26. The van der Waals surface area contributed by atoms with Crippen LogP contribution in [0.1, 0.15) is 52.3 Å². The van der Waals surface area contributed by atoms with Crippen LogP contribution in [0.25, 0.3) is 0 Å². The fraction of sp³-hybridized carbons (Fsp3) is 0.667. The first-order valence-electron chi connectivity index (χ1n) is 12.5. The van der Waals surface area contributed by atoms with Crippen LogP contribution in [0.3, 0.4) is 0 Å². The third-order valence-corrected chi connectivity index (χ3v) is 7.41. The summed E-state index contributed by atoms with van der Waals surface area (Å²) in [6.45, 7) is 14.3. The predicted molar refractivity (Wildman–Crippen MR) is 135 cm³/mol. The Balaban J connectivity index is 1.54. The molecule has 198 valence electrons. The lowest BCUT2D eigenvalue weighted by molar-refractivity contribution is 0.0315. The molecule has 0 aliphatic carbocycles. The van der Waals surface area contributed by atoms with E-state index in [0.29, 0.717) is 25.5 Å². The van der Waals surface area contributed by atoms with E-state index in [9.17, 15) is 9.18 Å². The number of carbonyl (C=O) groups excluding carboxylic acids is 1. The van der Waals surface area contributed by atoms with Gasteiger partial charge in [-0.05, 0) is 41.0 Å². The van der Waals surface area contributed by atoms with Gasteiger partial charge in [0, 0.05) is 57.5 Å². The molecule has 12 heteroatoms. The number of nitrogens with one attached hydrogen (secondary N) is 1. The second kappa shape index (κ2) is 10.2. The van der Waals surface area contributed by atoms with Crippen LogP contribution in [0.2, 0.25) is 0 Å². The van der Waals surface area contributed by atoms with E-state index in [2.05, 4.69) is 38.9 Å². The van der Waals surface area contributed by atoms with Crippen LogP contribution in [-0.4, -0.2) is 92.9 Å². The van der Waals surface area contributed by atoms with Crippen molar-refractivity contribution in [3.63, 3.8) is 0 Å². The summed E-state index contributed by atoms with van der Waals surface area (Å²) in [5.41, 5.74) is 6.88. The fourth-order valence-corrected chi connectivity index (χ4v) is 5.26. The molecule has 11 nitrogen and oxygen atoms in total. The lowest BCUT2D eigenvalue weighted by atomic mass is 10.0. The van der Waals surface area contributed by atoms with Crippen molar-refractivity contribution < 1.29 is 13.9 Å². The number of amides is 2. The van der Waals surface area contributed by atoms with Crippen molar-refractivity contribution in [2.45, 2.75) is 65.2 Å². The summed E-state index contributed by atoms with van der Waals surface area (Å²) < 4.78 is 18.9. The van der Waals surface area contributed by atoms with Gasteiger partial charge >= 0.3 is 6.03 Å². The minimum atomic E-state index is -0.665. The van der Waals surface area contributed by atoms with Gasteiger partial charge in [-0.25, -0.2) is 14.2 Å². The first-order chi connectivity index (χ1) is 17.1. The van der Waals surface area contributed by atoms with Crippen molar-refractivity contribution in [1.29, 1.82) is 0 Å². The van der Waals surface area contributed by atoms with Gasteiger partial charge in [0.05, 0.1) is 24.0 Å². The number of carbonyl (C=O) groups is 1. The Kier molecular flexibility index (Phi) is 7.37. The van der Waals surface area contributed by atoms with Crippen molar-refractivity contribution in [1.82, 2.24) is 34.9 Å². The normalized spacial score (nSPS) is 21.6. The van der Waals surface area contributed by atoms with Gasteiger partial charge in [0.2, 0.25) is 5.95 Å². The van der Waals surface area contributed by atoms with E-state index in [1.54, 1.807) is 12.0 Å². The number of nitrogen functional groups attached to an aromatic ring is 1. The molecule has 0 radical (unpaired) electrons. The van der Waals surface area contributed by atoms with Crippen LogP contribution < -0.4 is 10.6 Å². The van der Waals surface area contributed by atoms with E-state index in [4.69, 9.17) is 10.5 Å². The highest BCUT2D eigenvalue weighted by molar-refractivity contribution is 5.78. The van der Waals surface area contributed by atoms with E-state index >= 15 is 0 Å². The number of anilines is 3. The molecule has 4 heterocycles. The zero-order valence-electron chi connectivity index (χ0n) is 22.1. The number of methoxy groups -OCH3 is 1. The Labute approximate surface area is 211 Å². The predicted octanol–water partition coefficient (Wildman–Crippen LogP) is 2.68. The zero-order chi connectivity index (χ0) is 26.2. The minimum absolute atomic E-state index is 0.0109. The average molecular weight is 504 g/mol. The quantitative estimate of drug-likeness (QED) is 0.554. The summed E-state index contributed by atoms with van der Waals surface area (Å²) in [4.78, 5) is 30.2. The Morgan fingerprint density at radius 2 is 2.08 bits per heavy atom. The summed E-state index contributed by atoms with van der Waals surface area (Å²) >= 11 is 0. The largest absolute Gasteiger partial charge is 0.385 e. The Bertz CT molecular complexity index is 1090. The van der Waals surface area contributed by atoms with E-state index in [-0.39, 0.29) is 29.9 Å². The number of H-pyrrole nitrogens is 1. The lowest BCUT2D eigenvalue weighted by Crippen LogP contribution is -2.61. The van der Waals surface area contributed by atoms with Crippen molar-refractivity contribution >= 4 is 23.6 Å². The molecule has 0 unspecified atom stereocenters. The molecule has 0 spiro atoms. The number of nitrogens with zero attached hydrogens (tertiary/aromatic N) is 7. The smallest absolute Gasteiger partial charge is 0.321 e. The zero-order valence-corrected chi connectivity index (χ0v) is 22.1. The van der Waals surface area contributed by atoms with Crippen LogP contribution in [-0.2, 0) is 16.8 Å². The van der Waals surface area contributed by atoms with Crippen LogP contribution in [0.4, 0.5) is 26.8 Å². The maximum atomic E-state index is 13.9. The van der Waals surface area contributed by atoms with Crippen molar-refractivity contribution in [2.24, 2.45) is 0 Å². The number of hydrogen-bond acceptors (Lipinski definition) is 8. The van der Waals surface area contributed by atoms with Gasteiger partial charge in [-0.2, -0.15) is 10.1 Å². The van der Waals surface area contributed by atoms with Gasteiger partial charge in [-0.15, -0.1) is 0 Å². The number of rotatable bonds is 7. The van der Waals surface area contributed by atoms with E-state index in [1.165, 1.54) is 0 Å². The summed E-state index contributed by atoms with van der Waals surface area (Å²) in [6, 6.07) is 0.363. The average Bonchev–Trinajstić information content (AvgIpc) is 3.37. The minimum Gasteiger partial charge on any atom is -0.385 e. The molecule has 1 saturated heterocycles. The van der Waals surface area contributed by atoms with E-state index in [1.807, 2.05) is 30.6 Å². The van der Waals surface area contributed by atoms with Crippen molar-refractivity contribution in [3.05, 3.63) is 23.3 Å². The molecule has 1 fully saturated rings. The molecular formula is C24H38FN9O2. The lowest BCUT2D eigenvalue weighted by Gasteiger charge is -2.46. The molecule has 2 amide bonds. The second-order valence-corrected chi connectivity index (χ2v) is 10.2. The summed E-state index contributed by atoms with van der Waals surface area (Å²) in [6.07, 6.45) is 2.03. The second-order valence-electron chi connectivity index (χ2n) is 10.2. The highest BCUT2D eigenvalue weighted by Gasteiger charge is 2.47. The van der Waals surface area contributed by atoms with Gasteiger partial charge in [0.25, 0.3) is 0 Å². The number of hydrogen-bond donors (Lipinski definition) is 2. The van der Waals surface area contributed by atoms with Gasteiger partial charge in [0.1, 0.15) is 0 Å². The third-order valence-electron chi connectivity index (χ3n) is 7.41. The topological polar surface area (TPSA) is 120 Å². The number of ether oxygens (including phenoxy) is 1.